The number of nitrogens with zero attached hydrogens (tertiary/aromatic N) is 2. The molecule has 0 radical (unpaired) electrons. The summed E-state index contributed by atoms with van der Waals surface area (Å²) in [5.41, 5.74) is 6.69. The molecular weight excluding hydrogens is 202 g/mol. The minimum Gasteiger partial charge on any atom is -0.396 e. The molecule has 4 heteroatoms. The maximum Gasteiger partial charge on any atom is 0.128 e. The van der Waals surface area contributed by atoms with Crippen LogP contribution in [0.25, 0.3) is 0 Å². The van der Waals surface area contributed by atoms with Gasteiger partial charge >= 0.3 is 0 Å². The van der Waals surface area contributed by atoms with Crippen LogP contribution < -0.4 is 10.6 Å². The summed E-state index contributed by atoms with van der Waals surface area (Å²) in [6, 6.07) is 3.95. The van der Waals surface area contributed by atoms with Gasteiger partial charge < -0.3 is 15.7 Å². The second-order valence-corrected chi connectivity index (χ2v) is 3.93. The van der Waals surface area contributed by atoms with Gasteiger partial charge in [0.15, 0.2) is 0 Å². The first-order valence-corrected chi connectivity index (χ1v) is 5.75. The predicted molar refractivity (Wildman–Crippen MR) is 66.3 cm³/mol. The summed E-state index contributed by atoms with van der Waals surface area (Å²) in [6.07, 6.45) is 4.80. The number of hydrogen-bond donors (Lipinski definition) is 2. The summed E-state index contributed by atoms with van der Waals surface area (Å²) in [4.78, 5) is 6.43. The molecule has 3 N–H and O–H groups in total. The molecule has 0 fully saturated rings. The second kappa shape index (κ2) is 7.19. The maximum absolute atomic E-state index is 8.68. The van der Waals surface area contributed by atoms with E-state index in [4.69, 9.17) is 10.8 Å². The lowest BCUT2D eigenvalue weighted by Crippen LogP contribution is -2.20. The second-order valence-electron chi connectivity index (χ2n) is 3.93. The average Bonchev–Trinajstić information content (AvgIpc) is 2.34. The Kier molecular flexibility index (Phi) is 5.82. The molecule has 0 aromatic carbocycles. The van der Waals surface area contributed by atoms with Crippen molar-refractivity contribution >= 4 is 5.82 Å². The van der Waals surface area contributed by atoms with Crippen molar-refractivity contribution in [3.8, 4) is 0 Å². The molecule has 0 atom stereocenters. The quantitative estimate of drug-likeness (QED) is 0.680. The van der Waals surface area contributed by atoms with Crippen LogP contribution in [0.1, 0.15) is 24.8 Å². The van der Waals surface area contributed by atoms with E-state index in [0.717, 1.165) is 37.2 Å². The molecule has 0 saturated carbocycles. The summed E-state index contributed by atoms with van der Waals surface area (Å²) in [5.74, 6) is 0.965. The largest absolute Gasteiger partial charge is 0.396 e. The average molecular weight is 223 g/mol. The lowest BCUT2D eigenvalue weighted by molar-refractivity contribution is 0.283. The summed E-state index contributed by atoms with van der Waals surface area (Å²) >= 11 is 0. The number of aliphatic hydroxyl groups excluding tert-OH is 1. The van der Waals surface area contributed by atoms with Crippen LogP contribution in [-0.4, -0.2) is 30.3 Å². The molecule has 0 aliphatic carbocycles. The van der Waals surface area contributed by atoms with Crippen molar-refractivity contribution < 1.29 is 5.11 Å². The Bertz CT molecular complexity index is 304. The van der Waals surface area contributed by atoms with Crippen LogP contribution in [0.15, 0.2) is 18.3 Å². The first-order valence-electron chi connectivity index (χ1n) is 5.75. The summed E-state index contributed by atoms with van der Waals surface area (Å²) in [5, 5.41) is 8.68. The molecule has 1 heterocycles. The number of nitrogens with two attached hydrogens (primary N) is 1. The molecule has 4 nitrogen and oxygen atoms in total. The van der Waals surface area contributed by atoms with E-state index < -0.39 is 0 Å². The van der Waals surface area contributed by atoms with Crippen molar-refractivity contribution in [1.29, 1.82) is 0 Å². The highest BCUT2D eigenvalue weighted by Crippen LogP contribution is 2.11. The number of unbranched alkanes of at least 4 members (excludes halogenated alkanes) is 2. The maximum atomic E-state index is 8.68. The molecule has 0 aliphatic heterocycles. The van der Waals surface area contributed by atoms with Crippen LogP contribution in [-0.2, 0) is 6.54 Å². The van der Waals surface area contributed by atoms with Gasteiger partial charge in [0, 0.05) is 32.9 Å². The number of rotatable bonds is 7. The van der Waals surface area contributed by atoms with Crippen molar-refractivity contribution in [3.63, 3.8) is 0 Å². The molecule has 1 aromatic heterocycles. The third-order valence-corrected chi connectivity index (χ3v) is 2.59. The van der Waals surface area contributed by atoms with Crippen LogP contribution in [0.3, 0.4) is 0 Å². The lowest BCUT2D eigenvalue weighted by atomic mass is 10.2. The molecule has 0 unspecified atom stereocenters. The Morgan fingerprint density at radius 2 is 2.19 bits per heavy atom. The zero-order valence-corrected chi connectivity index (χ0v) is 9.89. The van der Waals surface area contributed by atoms with Gasteiger partial charge in [0.2, 0.25) is 0 Å². The Balaban J connectivity index is 2.42. The third-order valence-electron chi connectivity index (χ3n) is 2.59. The van der Waals surface area contributed by atoms with Gasteiger partial charge in [-0.15, -0.1) is 0 Å². The van der Waals surface area contributed by atoms with Crippen LogP contribution >= 0.6 is 0 Å². The van der Waals surface area contributed by atoms with Gasteiger partial charge in [-0.3, -0.25) is 0 Å². The fraction of sp³-hybridized carbons (Fsp3) is 0.583. The fourth-order valence-corrected chi connectivity index (χ4v) is 1.55. The molecule has 0 saturated heterocycles. The Hall–Kier alpha value is -1.13. The van der Waals surface area contributed by atoms with Gasteiger partial charge in [-0.05, 0) is 37.0 Å². The highest BCUT2D eigenvalue weighted by Gasteiger charge is 2.02. The first-order chi connectivity index (χ1) is 7.77. The van der Waals surface area contributed by atoms with E-state index >= 15 is 0 Å². The molecule has 0 aliphatic rings. The zero-order valence-electron chi connectivity index (χ0n) is 9.89. The number of hydrogen-bond acceptors (Lipinski definition) is 4. The fourth-order valence-electron chi connectivity index (χ4n) is 1.55. The van der Waals surface area contributed by atoms with Crippen molar-refractivity contribution in [2.24, 2.45) is 5.73 Å². The molecule has 90 valence electrons. The Morgan fingerprint density at radius 3 is 2.88 bits per heavy atom. The highest BCUT2D eigenvalue weighted by molar-refractivity contribution is 5.39. The molecule has 0 spiro atoms. The smallest absolute Gasteiger partial charge is 0.128 e. The predicted octanol–water partition coefficient (Wildman–Crippen LogP) is 1.14. The number of aliphatic hydroxyl groups is 1. The zero-order chi connectivity index (χ0) is 11.8. The van der Waals surface area contributed by atoms with E-state index in [1.54, 1.807) is 6.20 Å². The minimum absolute atomic E-state index is 0.282. The van der Waals surface area contributed by atoms with Crippen molar-refractivity contribution in [2.75, 3.05) is 25.1 Å². The number of aromatic nitrogens is 1. The van der Waals surface area contributed by atoms with Crippen molar-refractivity contribution in [2.45, 2.75) is 25.8 Å². The van der Waals surface area contributed by atoms with Crippen LogP contribution in [0, 0.1) is 0 Å². The van der Waals surface area contributed by atoms with E-state index in [9.17, 15) is 0 Å². The Labute approximate surface area is 97.1 Å². The van der Waals surface area contributed by atoms with Crippen LogP contribution in [0.2, 0.25) is 0 Å². The van der Waals surface area contributed by atoms with E-state index in [2.05, 4.69) is 9.88 Å². The third kappa shape index (κ3) is 4.16. The van der Waals surface area contributed by atoms with E-state index in [1.807, 2.05) is 19.2 Å². The molecule has 1 aromatic rings. The SMILES string of the molecule is CN(CCCCCO)c1cc(CN)ccn1. The van der Waals surface area contributed by atoms with Gasteiger partial charge in [-0.25, -0.2) is 4.98 Å². The standard InChI is InChI=1S/C12H21N3O/c1-15(7-3-2-4-8-16)12-9-11(10-13)5-6-14-12/h5-6,9,16H,2-4,7-8,10,13H2,1H3. The van der Waals surface area contributed by atoms with E-state index in [-0.39, 0.29) is 6.61 Å². The van der Waals surface area contributed by atoms with Gasteiger partial charge in [-0.1, -0.05) is 0 Å². The van der Waals surface area contributed by atoms with Crippen molar-refractivity contribution in [3.05, 3.63) is 23.9 Å². The monoisotopic (exact) mass is 223 g/mol. The van der Waals surface area contributed by atoms with Gasteiger partial charge in [0.05, 0.1) is 0 Å². The van der Waals surface area contributed by atoms with Gasteiger partial charge in [0.1, 0.15) is 5.82 Å². The highest BCUT2D eigenvalue weighted by atomic mass is 16.2. The van der Waals surface area contributed by atoms with Crippen LogP contribution in [0.4, 0.5) is 5.82 Å². The Morgan fingerprint density at radius 1 is 1.38 bits per heavy atom. The van der Waals surface area contributed by atoms with Crippen molar-refractivity contribution in [1.82, 2.24) is 4.98 Å². The lowest BCUT2D eigenvalue weighted by Gasteiger charge is -2.18. The summed E-state index contributed by atoms with van der Waals surface area (Å²) < 4.78 is 0. The molecule has 16 heavy (non-hydrogen) atoms. The van der Waals surface area contributed by atoms with Gasteiger partial charge in [0.25, 0.3) is 0 Å². The van der Waals surface area contributed by atoms with E-state index in [1.165, 1.54) is 0 Å². The van der Waals surface area contributed by atoms with E-state index in [0.29, 0.717) is 6.54 Å². The minimum atomic E-state index is 0.282. The molecule has 1 rings (SSSR count). The van der Waals surface area contributed by atoms with Crippen LogP contribution in [0.5, 0.6) is 0 Å². The van der Waals surface area contributed by atoms with Gasteiger partial charge in [-0.2, -0.15) is 0 Å². The molecular formula is C12H21N3O. The number of pyridine rings is 1. The first kappa shape index (κ1) is 12.9. The topological polar surface area (TPSA) is 62.4 Å². The summed E-state index contributed by atoms with van der Waals surface area (Å²) in [7, 11) is 2.03. The molecule has 0 amide bonds. The molecule has 0 bridgehead atoms. The number of anilines is 1. The normalized spacial score (nSPS) is 10.4. The summed E-state index contributed by atoms with van der Waals surface area (Å²) in [6.45, 7) is 1.79.